The standard InChI is InChI=1S/C11H11BrO2/c1-8-3-2-4-9(7-13)11(8)10(14)5-6-12/h2-4,7H,5-6H2,1H3. The minimum absolute atomic E-state index is 0.0158. The van der Waals surface area contributed by atoms with Crippen LogP contribution in [0.3, 0.4) is 0 Å². The van der Waals surface area contributed by atoms with E-state index < -0.39 is 0 Å². The molecule has 2 nitrogen and oxygen atoms in total. The minimum atomic E-state index is 0.0158. The van der Waals surface area contributed by atoms with Crippen LogP contribution in [0.2, 0.25) is 0 Å². The molecule has 0 radical (unpaired) electrons. The lowest BCUT2D eigenvalue weighted by molar-refractivity contribution is 0.0982. The van der Waals surface area contributed by atoms with Crippen molar-refractivity contribution in [3.8, 4) is 0 Å². The zero-order valence-corrected chi connectivity index (χ0v) is 9.50. The van der Waals surface area contributed by atoms with Crippen LogP contribution in [0.4, 0.5) is 0 Å². The Kier molecular flexibility index (Phi) is 4.01. The highest BCUT2D eigenvalue weighted by Crippen LogP contribution is 2.15. The summed E-state index contributed by atoms with van der Waals surface area (Å²) < 4.78 is 0. The molecule has 74 valence electrons. The molecule has 0 spiro atoms. The van der Waals surface area contributed by atoms with Gasteiger partial charge in [-0.15, -0.1) is 0 Å². The highest BCUT2D eigenvalue weighted by molar-refractivity contribution is 9.09. The summed E-state index contributed by atoms with van der Waals surface area (Å²) in [5.41, 5.74) is 1.90. The van der Waals surface area contributed by atoms with Crippen LogP contribution in [-0.2, 0) is 0 Å². The first-order chi connectivity index (χ1) is 6.70. The topological polar surface area (TPSA) is 34.1 Å². The largest absolute Gasteiger partial charge is 0.298 e. The van der Waals surface area contributed by atoms with E-state index in [9.17, 15) is 9.59 Å². The van der Waals surface area contributed by atoms with Gasteiger partial charge in [-0.2, -0.15) is 0 Å². The fourth-order valence-corrected chi connectivity index (χ4v) is 1.74. The maximum Gasteiger partial charge on any atom is 0.164 e. The smallest absolute Gasteiger partial charge is 0.164 e. The second-order valence-corrected chi connectivity index (χ2v) is 3.81. The molecule has 1 aromatic rings. The number of aldehydes is 1. The Labute approximate surface area is 91.4 Å². The number of aryl methyl sites for hydroxylation is 1. The summed E-state index contributed by atoms with van der Waals surface area (Å²) in [5.74, 6) is 0.0158. The third kappa shape index (κ3) is 2.29. The monoisotopic (exact) mass is 254 g/mol. The molecule has 0 fully saturated rings. The minimum Gasteiger partial charge on any atom is -0.298 e. The van der Waals surface area contributed by atoms with Crippen LogP contribution in [0.1, 0.15) is 32.7 Å². The van der Waals surface area contributed by atoms with E-state index in [-0.39, 0.29) is 5.78 Å². The summed E-state index contributed by atoms with van der Waals surface area (Å²) in [7, 11) is 0. The summed E-state index contributed by atoms with van der Waals surface area (Å²) in [6.07, 6.45) is 1.15. The molecule has 0 amide bonds. The van der Waals surface area contributed by atoms with Gasteiger partial charge in [-0.3, -0.25) is 9.59 Å². The molecule has 0 aromatic heterocycles. The first-order valence-electron chi connectivity index (χ1n) is 4.34. The third-order valence-corrected chi connectivity index (χ3v) is 2.43. The van der Waals surface area contributed by atoms with Crippen molar-refractivity contribution in [1.29, 1.82) is 0 Å². The maximum atomic E-state index is 11.7. The lowest BCUT2D eigenvalue weighted by Gasteiger charge is -2.05. The fraction of sp³-hybridized carbons (Fsp3) is 0.273. The van der Waals surface area contributed by atoms with Crippen molar-refractivity contribution in [2.45, 2.75) is 13.3 Å². The molecule has 0 saturated carbocycles. The number of Topliss-reactive ketones (excluding diaryl/α,β-unsaturated/α-hetero) is 1. The number of carbonyl (C=O) groups excluding carboxylic acids is 2. The summed E-state index contributed by atoms with van der Waals surface area (Å²) in [6.45, 7) is 1.84. The van der Waals surface area contributed by atoms with Crippen molar-refractivity contribution in [3.63, 3.8) is 0 Å². The van der Waals surface area contributed by atoms with E-state index in [4.69, 9.17) is 0 Å². The van der Waals surface area contributed by atoms with Crippen molar-refractivity contribution >= 4 is 28.0 Å². The lowest BCUT2D eigenvalue weighted by atomic mass is 9.98. The Morgan fingerprint density at radius 3 is 2.79 bits per heavy atom. The number of benzene rings is 1. The Morgan fingerprint density at radius 2 is 2.21 bits per heavy atom. The number of alkyl halides is 1. The molecule has 0 atom stereocenters. The molecule has 0 bridgehead atoms. The number of rotatable bonds is 4. The molecule has 0 saturated heterocycles. The van der Waals surface area contributed by atoms with Crippen molar-refractivity contribution in [1.82, 2.24) is 0 Å². The van der Waals surface area contributed by atoms with Crippen molar-refractivity contribution in [3.05, 3.63) is 34.9 Å². The van der Waals surface area contributed by atoms with Crippen LogP contribution < -0.4 is 0 Å². The predicted molar refractivity (Wildman–Crippen MR) is 59.3 cm³/mol. The highest BCUT2D eigenvalue weighted by Gasteiger charge is 2.12. The van der Waals surface area contributed by atoms with E-state index in [2.05, 4.69) is 15.9 Å². The first kappa shape index (κ1) is 11.1. The fourth-order valence-electron chi connectivity index (χ4n) is 1.38. The van der Waals surface area contributed by atoms with Crippen LogP contribution >= 0.6 is 15.9 Å². The van der Waals surface area contributed by atoms with Gasteiger partial charge < -0.3 is 0 Å². The van der Waals surface area contributed by atoms with Gasteiger partial charge >= 0.3 is 0 Å². The highest BCUT2D eigenvalue weighted by atomic mass is 79.9. The van der Waals surface area contributed by atoms with E-state index in [0.29, 0.717) is 22.9 Å². The molecule has 0 N–H and O–H groups in total. The summed E-state index contributed by atoms with van der Waals surface area (Å²) in [5, 5.41) is 0.623. The van der Waals surface area contributed by atoms with Gasteiger partial charge in [0, 0.05) is 22.9 Å². The van der Waals surface area contributed by atoms with Gasteiger partial charge in [0.15, 0.2) is 12.1 Å². The molecule has 14 heavy (non-hydrogen) atoms. The Bertz CT molecular complexity index is 358. The van der Waals surface area contributed by atoms with Gasteiger partial charge in [-0.25, -0.2) is 0 Å². The van der Waals surface area contributed by atoms with E-state index in [0.717, 1.165) is 11.8 Å². The third-order valence-electron chi connectivity index (χ3n) is 2.03. The van der Waals surface area contributed by atoms with E-state index >= 15 is 0 Å². The Balaban J connectivity index is 3.16. The summed E-state index contributed by atoms with van der Waals surface area (Å²) in [4.78, 5) is 22.4. The van der Waals surface area contributed by atoms with Crippen LogP contribution in [0.5, 0.6) is 0 Å². The Hall–Kier alpha value is -0.960. The molecule has 3 heteroatoms. The van der Waals surface area contributed by atoms with Gasteiger partial charge in [0.2, 0.25) is 0 Å². The van der Waals surface area contributed by atoms with E-state index in [1.165, 1.54) is 0 Å². The molecule has 0 aliphatic rings. The summed E-state index contributed by atoms with van der Waals surface area (Å²) >= 11 is 3.21. The van der Waals surface area contributed by atoms with Crippen LogP contribution in [0.25, 0.3) is 0 Å². The maximum absolute atomic E-state index is 11.7. The molecule has 0 unspecified atom stereocenters. The Morgan fingerprint density at radius 1 is 1.50 bits per heavy atom. The number of ketones is 1. The average molecular weight is 255 g/mol. The molecule has 0 aliphatic carbocycles. The number of hydrogen-bond acceptors (Lipinski definition) is 2. The quantitative estimate of drug-likeness (QED) is 0.471. The van der Waals surface area contributed by atoms with Crippen LogP contribution in [-0.4, -0.2) is 17.4 Å². The number of carbonyl (C=O) groups is 2. The molecular weight excluding hydrogens is 244 g/mol. The van der Waals surface area contributed by atoms with Crippen molar-refractivity contribution < 1.29 is 9.59 Å². The molecule has 1 rings (SSSR count). The number of halogens is 1. The average Bonchev–Trinajstić information content (AvgIpc) is 2.17. The molecular formula is C11H11BrO2. The molecule has 1 aromatic carbocycles. The van der Waals surface area contributed by atoms with Gasteiger partial charge in [-0.05, 0) is 12.5 Å². The normalized spacial score (nSPS) is 9.86. The molecule has 0 heterocycles. The second kappa shape index (κ2) is 5.05. The molecule has 0 aliphatic heterocycles. The SMILES string of the molecule is Cc1cccc(C=O)c1C(=O)CCBr. The van der Waals surface area contributed by atoms with Gasteiger partial charge in [-0.1, -0.05) is 34.1 Å². The van der Waals surface area contributed by atoms with Crippen LogP contribution in [0.15, 0.2) is 18.2 Å². The zero-order chi connectivity index (χ0) is 10.6. The van der Waals surface area contributed by atoms with E-state index in [1.54, 1.807) is 12.1 Å². The van der Waals surface area contributed by atoms with Crippen LogP contribution in [0, 0.1) is 6.92 Å². The lowest BCUT2D eigenvalue weighted by Crippen LogP contribution is -2.06. The first-order valence-corrected chi connectivity index (χ1v) is 5.46. The van der Waals surface area contributed by atoms with E-state index in [1.807, 2.05) is 13.0 Å². The van der Waals surface area contributed by atoms with Crippen molar-refractivity contribution in [2.75, 3.05) is 5.33 Å². The number of hydrogen-bond donors (Lipinski definition) is 0. The van der Waals surface area contributed by atoms with Gasteiger partial charge in [0.25, 0.3) is 0 Å². The summed E-state index contributed by atoms with van der Waals surface area (Å²) in [6, 6.07) is 5.29. The predicted octanol–water partition coefficient (Wildman–Crippen LogP) is 2.78. The van der Waals surface area contributed by atoms with Gasteiger partial charge in [0.1, 0.15) is 0 Å². The second-order valence-electron chi connectivity index (χ2n) is 3.02. The zero-order valence-electron chi connectivity index (χ0n) is 7.92. The van der Waals surface area contributed by atoms with Gasteiger partial charge in [0.05, 0.1) is 0 Å². The van der Waals surface area contributed by atoms with Crippen molar-refractivity contribution in [2.24, 2.45) is 0 Å².